The molecular formula is C19H18N4OS. The molecule has 4 aromatic rings. The van der Waals surface area contributed by atoms with Gasteiger partial charge in [0.1, 0.15) is 0 Å². The molecule has 0 fully saturated rings. The van der Waals surface area contributed by atoms with Gasteiger partial charge in [-0.25, -0.2) is 4.98 Å². The molecule has 126 valence electrons. The Labute approximate surface area is 149 Å². The third kappa shape index (κ3) is 2.82. The first-order valence-corrected chi connectivity index (χ1v) is 9.23. The van der Waals surface area contributed by atoms with Crippen LogP contribution in [0.2, 0.25) is 0 Å². The summed E-state index contributed by atoms with van der Waals surface area (Å²) in [5.74, 6) is 1.32. The van der Waals surface area contributed by atoms with E-state index < -0.39 is 0 Å². The summed E-state index contributed by atoms with van der Waals surface area (Å²) in [6, 6.07) is 14.4. The molecule has 0 aliphatic rings. The largest absolute Gasteiger partial charge is 0.277 e. The highest BCUT2D eigenvalue weighted by molar-refractivity contribution is 7.99. The Hall–Kier alpha value is -2.60. The van der Waals surface area contributed by atoms with Gasteiger partial charge >= 0.3 is 0 Å². The lowest BCUT2D eigenvalue weighted by molar-refractivity contribution is 0.826. The molecule has 0 saturated heterocycles. The summed E-state index contributed by atoms with van der Waals surface area (Å²) in [7, 11) is 0. The predicted molar refractivity (Wildman–Crippen MR) is 101 cm³/mol. The molecule has 0 radical (unpaired) electrons. The molecule has 0 unspecified atom stereocenters. The van der Waals surface area contributed by atoms with Crippen LogP contribution in [-0.4, -0.2) is 25.3 Å². The first-order chi connectivity index (χ1) is 12.2. The molecule has 1 N–H and O–H groups in total. The molecule has 2 aromatic carbocycles. The Bertz CT molecular complexity index is 1120. The summed E-state index contributed by atoms with van der Waals surface area (Å²) in [5.41, 5.74) is 2.48. The Morgan fingerprint density at radius 1 is 1.12 bits per heavy atom. The van der Waals surface area contributed by atoms with Crippen LogP contribution in [0.4, 0.5) is 0 Å². The van der Waals surface area contributed by atoms with Crippen molar-refractivity contribution in [2.24, 2.45) is 0 Å². The first-order valence-electron chi connectivity index (χ1n) is 8.25. The number of benzene rings is 2. The van der Waals surface area contributed by atoms with Crippen LogP contribution in [0.15, 0.2) is 52.4 Å². The normalized spacial score (nSPS) is 11.4. The number of aromatic amines is 1. The van der Waals surface area contributed by atoms with Crippen molar-refractivity contribution >= 4 is 28.3 Å². The van der Waals surface area contributed by atoms with Crippen LogP contribution in [0.25, 0.3) is 16.6 Å². The quantitative estimate of drug-likeness (QED) is 0.572. The topological polar surface area (TPSA) is 63.1 Å². The molecule has 25 heavy (non-hydrogen) atoms. The van der Waals surface area contributed by atoms with Crippen LogP contribution in [-0.2, 0) is 6.42 Å². The predicted octanol–water partition coefficient (Wildman–Crippen LogP) is 3.58. The first kappa shape index (κ1) is 15.9. The lowest BCUT2D eigenvalue weighted by Gasteiger charge is -2.08. The minimum Gasteiger partial charge on any atom is -0.267 e. The van der Waals surface area contributed by atoms with Gasteiger partial charge in [-0.05, 0) is 29.0 Å². The molecular weight excluding hydrogens is 332 g/mol. The highest BCUT2D eigenvalue weighted by atomic mass is 32.2. The molecule has 5 nitrogen and oxygen atoms in total. The van der Waals surface area contributed by atoms with Gasteiger partial charge in [-0.2, -0.15) is 9.50 Å². The maximum Gasteiger partial charge on any atom is 0.277 e. The van der Waals surface area contributed by atoms with E-state index in [0.29, 0.717) is 22.9 Å². The number of nitrogens with one attached hydrogen (secondary N) is 1. The number of rotatable bonds is 4. The zero-order valence-corrected chi connectivity index (χ0v) is 14.9. The highest BCUT2D eigenvalue weighted by Gasteiger charge is 2.14. The van der Waals surface area contributed by atoms with Gasteiger partial charge in [0.15, 0.2) is 5.16 Å². The number of hydrogen-bond acceptors (Lipinski definition) is 4. The van der Waals surface area contributed by atoms with Crippen molar-refractivity contribution in [2.75, 3.05) is 5.75 Å². The van der Waals surface area contributed by atoms with Crippen molar-refractivity contribution in [3.05, 3.63) is 69.6 Å². The highest BCUT2D eigenvalue weighted by Crippen LogP contribution is 2.21. The Balaban J connectivity index is 1.84. The molecule has 2 aromatic heterocycles. The monoisotopic (exact) mass is 350 g/mol. The zero-order chi connectivity index (χ0) is 17.4. The fraction of sp³-hybridized carbons (Fsp3) is 0.211. The molecule has 6 heteroatoms. The zero-order valence-electron chi connectivity index (χ0n) is 14.1. The number of aryl methyl sites for hydroxylation is 1. The van der Waals surface area contributed by atoms with Crippen LogP contribution >= 0.6 is 11.8 Å². The lowest BCUT2D eigenvalue weighted by Crippen LogP contribution is -2.22. The fourth-order valence-electron chi connectivity index (χ4n) is 3.08. The van der Waals surface area contributed by atoms with Crippen molar-refractivity contribution in [3.8, 4) is 0 Å². The smallest absolute Gasteiger partial charge is 0.267 e. The van der Waals surface area contributed by atoms with Crippen LogP contribution in [0.3, 0.4) is 0 Å². The van der Waals surface area contributed by atoms with Crippen LogP contribution in [0.5, 0.6) is 0 Å². The third-order valence-electron chi connectivity index (χ3n) is 4.30. The number of H-pyrrole nitrogens is 1. The van der Waals surface area contributed by atoms with Gasteiger partial charge in [-0.1, -0.05) is 61.2 Å². The van der Waals surface area contributed by atoms with Crippen molar-refractivity contribution in [1.29, 1.82) is 0 Å². The molecule has 2 heterocycles. The van der Waals surface area contributed by atoms with Crippen LogP contribution < -0.4 is 5.56 Å². The molecule has 0 atom stereocenters. The minimum atomic E-state index is -0.0779. The van der Waals surface area contributed by atoms with E-state index in [2.05, 4.69) is 39.3 Å². The van der Waals surface area contributed by atoms with Gasteiger partial charge in [0, 0.05) is 12.0 Å². The van der Waals surface area contributed by atoms with Crippen molar-refractivity contribution in [1.82, 2.24) is 19.6 Å². The van der Waals surface area contributed by atoms with E-state index in [4.69, 9.17) is 0 Å². The van der Waals surface area contributed by atoms with Crippen LogP contribution in [0.1, 0.15) is 23.7 Å². The van der Waals surface area contributed by atoms with E-state index in [1.54, 1.807) is 11.8 Å². The van der Waals surface area contributed by atoms with E-state index in [9.17, 15) is 4.79 Å². The molecule has 0 amide bonds. The summed E-state index contributed by atoms with van der Waals surface area (Å²) in [6.45, 7) is 3.93. The summed E-state index contributed by atoms with van der Waals surface area (Å²) in [6.07, 6.45) is 0.553. The second kappa shape index (κ2) is 6.37. The van der Waals surface area contributed by atoms with E-state index >= 15 is 0 Å². The van der Waals surface area contributed by atoms with E-state index in [-0.39, 0.29) is 5.56 Å². The number of fused-ring (bicyclic) bond motifs is 2. The number of thioether (sulfide) groups is 1. The molecule has 0 aliphatic carbocycles. The average molecular weight is 350 g/mol. The fourth-order valence-corrected chi connectivity index (χ4v) is 3.65. The number of nitrogens with zero attached hydrogens (tertiary/aromatic N) is 3. The van der Waals surface area contributed by atoms with E-state index in [1.807, 2.05) is 32.0 Å². The summed E-state index contributed by atoms with van der Waals surface area (Å²) >= 11 is 1.56. The van der Waals surface area contributed by atoms with Gasteiger partial charge in [-0.15, -0.1) is 0 Å². The van der Waals surface area contributed by atoms with Crippen molar-refractivity contribution in [3.63, 3.8) is 0 Å². The number of hydrogen-bond donors (Lipinski definition) is 1. The van der Waals surface area contributed by atoms with Crippen molar-refractivity contribution < 1.29 is 0 Å². The molecule has 0 saturated carbocycles. The minimum absolute atomic E-state index is 0.0779. The SMILES string of the molecule is CCSc1nc2nc(C)c(Cc3cccc4ccccc34)c(=O)n2[nH]1. The van der Waals surface area contributed by atoms with E-state index in [1.165, 1.54) is 15.3 Å². The second-order valence-corrected chi connectivity index (χ2v) is 7.15. The van der Waals surface area contributed by atoms with Gasteiger partial charge in [0.25, 0.3) is 11.3 Å². The Morgan fingerprint density at radius 3 is 2.76 bits per heavy atom. The lowest BCUT2D eigenvalue weighted by atomic mass is 9.98. The Kier molecular flexibility index (Phi) is 4.05. The van der Waals surface area contributed by atoms with Gasteiger partial charge in [0.05, 0.1) is 5.69 Å². The summed E-state index contributed by atoms with van der Waals surface area (Å²) < 4.78 is 1.45. The molecule has 0 aliphatic heterocycles. The standard InChI is InChI=1S/C19H18N4OS/c1-3-25-19-21-18-20-12(2)16(17(24)23(18)22-19)11-14-9-6-8-13-7-4-5-10-15(13)14/h4-10H,3,11H2,1-2H3,(H,20,21,22). The van der Waals surface area contributed by atoms with Crippen molar-refractivity contribution in [2.45, 2.75) is 25.4 Å². The molecule has 0 spiro atoms. The Morgan fingerprint density at radius 2 is 1.92 bits per heavy atom. The number of aromatic nitrogens is 4. The average Bonchev–Trinajstić information content (AvgIpc) is 3.01. The molecule has 4 rings (SSSR count). The maximum atomic E-state index is 12.9. The summed E-state index contributed by atoms with van der Waals surface area (Å²) in [4.78, 5) is 21.9. The van der Waals surface area contributed by atoms with Gasteiger partial charge in [0.2, 0.25) is 0 Å². The van der Waals surface area contributed by atoms with Gasteiger partial charge in [-0.3, -0.25) is 9.89 Å². The van der Waals surface area contributed by atoms with Gasteiger partial charge < -0.3 is 0 Å². The maximum absolute atomic E-state index is 12.9. The van der Waals surface area contributed by atoms with E-state index in [0.717, 1.165) is 17.0 Å². The van der Waals surface area contributed by atoms with Crippen LogP contribution in [0, 0.1) is 6.92 Å². The summed E-state index contributed by atoms with van der Waals surface area (Å²) in [5, 5.41) is 6.11. The third-order valence-corrected chi connectivity index (χ3v) is 5.05. The second-order valence-electron chi connectivity index (χ2n) is 5.89. The molecule has 0 bridgehead atoms.